The monoisotopic (exact) mass is 234 g/mol. The fraction of sp³-hybridized carbons (Fsp3) is 1.00. The van der Waals surface area contributed by atoms with Gasteiger partial charge in [0.2, 0.25) is 0 Å². The van der Waals surface area contributed by atoms with E-state index in [0.29, 0.717) is 12.8 Å². The van der Waals surface area contributed by atoms with Crippen LogP contribution in [0.5, 0.6) is 0 Å². The van der Waals surface area contributed by atoms with Gasteiger partial charge in [-0.05, 0) is 26.7 Å². The maximum Gasteiger partial charge on any atom is 0.0796 e. The molecule has 0 aliphatic carbocycles. The van der Waals surface area contributed by atoms with Crippen molar-refractivity contribution in [3.05, 3.63) is 0 Å². The van der Waals surface area contributed by atoms with Gasteiger partial charge < -0.3 is 20.4 Å². The van der Waals surface area contributed by atoms with Crippen LogP contribution in [0.2, 0.25) is 0 Å². The summed E-state index contributed by atoms with van der Waals surface area (Å²) in [5.41, 5.74) is 0. The van der Waals surface area contributed by atoms with Crippen LogP contribution in [0.15, 0.2) is 0 Å². The minimum Gasteiger partial charge on any atom is -0.391 e. The Hall–Kier alpha value is -0.160. The van der Waals surface area contributed by atoms with E-state index >= 15 is 0 Å². The Morgan fingerprint density at radius 2 is 0.938 bits per heavy atom. The molecule has 0 aromatic heterocycles. The Balaban J connectivity index is 3.28. The topological polar surface area (TPSA) is 80.9 Å². The van der Waals surface area contributed by atoms with Crippen LogP contribution >= 0.6 is 0 Å². The predicted octanol–water partition coefficient (Wildman–Crippen LogP) is 0.810. The maximum atomic E-state index is 9.32. The van der Waals surface area contributed by atoms with Gasteiger partial charge in [-0.3, -0.25) is 0 Å². The molecule has 0 aromatic carbocycles. The molecule has 0 saturated carbocycles. The average Bonchev–Trinajstić information content (AvgIpc) is 2.21. The summed E-state index contributed by atoms with van der Waals surface area (Å²) in [4.78, 5) is 0. The van der Waals surface area contributed by atoms with Crippen molar-refractivity contribution in [3.8, 4) is 0 Å². The van der Waals surface area contributed by atoms with E-state index in [9.17, 15) is 10.2 Å². The molecule has 0 radical (unpaired) electrons. The van der Waals surface area contributed by atoms with Gasteiger partial charge in [0.15, 0.2) is 0 Å². The zero-order valence-corrected chi connectivity index (χ0v) is 10.3. The van der Waals surface area contributed by atoms with E-state index < -0.39 is 24.4 Å². The lowest BCUT2D eigenvalue weighted by molar-refractivity contribution is 0.0223. The van der Waals surface area contributed by atoms with Crippen molar-refractivity contribution in [2.24, 2.45) is 0 Å². The fourth-order valence-electron chi connectivity index (χ4n) is 1.54. The number of rotatable bonds is 9. The summed E-state index contributed by atoms with van der Waals surface area (Å²) < 4.78 is 0. The summed E-state index contributed by atoms with van der Waals surface area (Å²) in [6, 6.07) is 0. The first-order valence-electron chi connectivity index (χ1n) is 6.17. The second kappa shape index (κ2) is 8.93. The van der Waals surface area contributed by atoms with Gasteiger partial charge in [-0.2, -0.15) is 0 Å². The molecule has 0 aromatic rings. The maximum absolute atomic E-state index is 9.32. The molecular formula is C12H26O4. The summed E-state index contributed by atoms with van der Waals surface area (Å²) in [7, 11) is 0. The number of hydrogen-bond acceptors (Lipinski definition) is 4. The summed E-state index contributed by atoms with van der Waals surface area (Å²) in [5, 5.41) is 36.7. The molecule has 0 heterocycles. The summed E-state index contributed by atoms with van der Waals surface area (Å²) >= 11 is 0. The van der Waals surface area contributed by atoms with Crippen LogP contribution in [0.3, 0.4) is 0 Å². The highest BCUT2D eigenvalue weighted by atomic mass is 16.3. The van der Waals surface area contributed by atoms with Crippen LogP contribution in [0, 0.1) is 0 Å². The van der Waals surface area contributed by atoms with E-state index in [1.165, 1.54) is 0 Å². The fourth-order valence-corrected chi connectivity index (χ4v) is 1.54. The summed E-state index contributed by atoms with van der Waals surface area (Å²) in [6.45, 7) is 3.17. The molecule has 98 valence electrons. The average molecular weight is 234 g/mol. The highest BCUT2D eigenvalue weighted by Crippen LogP contribution is 2.11. The lowest BCUT2D eigenvalue weighted by Gasteiger charge is -2.14. The second-order valence-electron chi connectivity index (χ2n) is 4.61. The van der Waals surface area contributed by atoms with Crippen molar-refractivity contribution in [2.45, 2.75) is 76.8 Å². The minimum absolute atomic E-state index is 0.622. The van der Waals surface area contributed by atoms with Gasteiger partial charge in [-0.1, -0.05) is 25.7 Å². The number of hydrogen-bond donors (Lipinski definition) is 4. The molecule has 16 heavy (non-hydrogen) atoms. The quantitative estimate of drug-likeness (QED) is 0.445. The molecule has 0 amide bonds. The van der Waals surface area contributed by atoms with Gasteiger partial charge in [0.25, 0.3) is 0 Å². The summed E-state index contributed by atoms with van der Waals surface area (Å²) in [5.74, 6) is 0. The predicted molar refractivity (Wildman–Crippen MR) is 63.1 cm³/mol. The standard InChI is InChI=1S/C12H26O4/c1-9(13)11(15)7-5-3-4-6-8-12(16)10(2)14/h9-16H,3-8H2,1-2H3. The van der Waals surface area contributed by atoms with Crippen LogP contribution in [0.1, 0.15) is 52.4 Å². The molecule has 0 aliphatic heterocycles. The Labute approximate surface area is 97.9 Å². The number of aliphatic hydroxyl groups is 4. The van der Waals surface area contributed by atoms with Gasteiger partial charge in [-0.25, -0.2) is 0 Å². The molecule has 4 heteroatoms. The van der Waals surface area contributed by atoms with Crippen molar-refractivity contribution in [3.63, 3.8) is 0 Å². The highest BCUT2D eigenvalue weighted by molar-refractivity contribution is 4.63. The second-order valence-corrected chi connectivity index (χ2v) is 4.61. The zero-order valence-electron chi connectivity index (χ0n) is 10.3. The minimum atomic E-state index is -0.655. The molecule has 4 nitrogen and oxygen atoms in total. The van der Waals surface area contributed by atoms with Gasteiger partial charge in [0, 0.05) is 0 Å². The van der Waals surface area contributed by atoms with E-state index in [-0.39, 0.29) is 0 Å². The van der Waals surface area contributed by atoms with Crippen LogP contribution in [0.25, 0.3) is 0 Å². The molecule has 4 atom stereocenters. The highest BCUT2D eigenvalue weighted by Gasteiger charge is 2.11. The Morgan fingerprint density at radius 3 is 1.19 bits per heavy atom. The summed E-state index contributed by atoms with van der Waals surface area (Å²) in [6.07, 6.45) is 2.42. The van der Waals surface area contributed by atoms with Crippen LogP contribution in [-0.4, -0.2) is 44.8 Å². The molecule has 4 N–H and O–H groups in total. The normalized spacial score (nSPS) is 19.1. The largest absolute Gasteiger partial charge is 0.391 e. The third-order valence-electron chi connectivity index (χ3n) is 2.86. The molecule has 4 unspecified atom stereocenters. The molecule has 0 spiro atoms. The first-order valence-corrected chi connectivity index (χ1v) is 6.17. The first-order chi connectivity index (χ1) is 7.45. The molecular weight excluding hydrogens is 208 g/mol. The van der Waals surface area contributed by atoms with E-state index in [1.54, 1.807) is 13.8 Å². The third-order valence-corrected chi connectivity index (χ3v) is 2.86. The Bertz CT molecular complexity index is 141. The van der Waals surface area contributed by atoms with Crippen LogP contribution in [0.4, 0.5) is 0 Å². The SMILES string of the molecule is CC(O)C(O)CCCCCCC(O)C(C)O. The molecule has 0 bridgehead atoms. The van der Waals surface area contributed by atoms with Crippen LogP contribution in [-0.2, 0) is 0 Å². The first kappa shape index (κ1) is 15.8. The van der Waals surface area contributed by atoms with Crippen molar-refractivity contribution in [2.75, 3.05) is 0 Å². The van der Waals surface area contributed by atoms with E-state index in [1.807, 2.05) is 0 Å². The molecule has 0 aliphatic rings. The lowest BCUT2D eigenvalue weighted by Crippen LogP contribution is -2.22. The smallest absolute Gasteiger partial charge is 0.0796 e. The van der Waals surface area contributed by atoms with E-state index in [4.69, 9.17) is 10.2 Å². The number of aliphatic hydroxyl groups excluding tert-OH is 4. The third kappa shape index (κ3) is 8.05. The van der Waals surface area contributed by atoms with Crippen molar-refractivity contribution >= 4 is 0 Å². The Morgan fingerprint density at radius 1 is 0.625 bits per heavy atom. The van der Waals surface area contributed by atoms with Crippen molar-refractivity contribution in [1.82, 2.24) is 0 Å². The van der Waals surface area contributed by atoms with Gasteiger partial charge in [-0.15, -0.1) is 0 Å². The zero-order chi connectivity index (χ0) is 12.6. The molecule has 0 rings (SSSR count). The van der Waals surface area contributed by atoms with Gasteiger partial charge in [0.05, 0.1) is 24.4 Å². The van der Waals surface area contributed by atoms with Gasteiger partial charge in [0.1, 0.15) is 0 Å². The molecule has 0 fully saturated rings. The van der Waals surface area contributed by atoms with Crippen molar-refractivity contribution < 1.29 is 20.4 Å². The lowest BCUT2D eigenvalue weighted by atomic mass is 10.0. The van der Waals surface area contributed by atoms with Gasteiger partial charge >= 0.3 is 0 Å². The molecule has 0 saturated heterocycles. The van der Waals surface area contributed by atoms with E-state index in [2.05, 4.69) is 0 Å². The number of unbranched alkanes of at least 4 members (excludes halogenated alkanes) is 3. The van der Waals surface area contributed by atoms with Crippen LogP contribution < -0.4 is 0 Å². The van der Waals surface area contributed by atoms with E-state index in [0.717, 1.165) is 25.7 Å². The Kier molecular flexibility index (Phi) is 8.84. The van der Waals surface area contributed by atoms with Crippen molar-refractivity contribution in [1.29, 1.82) is 0 Å².